The smallest absolute Gasteiger partial charge is 0.149 e. The molecule has 0 aliphatic heterocycles. The van der Waals surface area contributed by atoms with Crippen LogP contribution in [0.15, 0.2) is 34.9 Å². The van der Waals surface area contributed by atoms with Gasteiger partial charge >= 0.3 is 0 Å². The van der Waals surface area contributed by atoms with Crippen LogP contribution in [0.4, 0.5) is 15.9 Å². The summed E-state index contributed by atoms with van der Waals surface area (Å²) in [5.74, 6) is -0.111. The van der Waals surface area contributed by atoms with Crippen LogP contribution in [-0.2, 0) is 0 Å². The first kappa shape index (κ1) is 12.6. The van der Waals surface area contributed by atoms with Gasteiger partial charge < -0.3 is 5.32 Å². The van der Waals surface area contributed by atoms with Gasteiger partial charge in [0.25, 0.3) is 0 Å². The molecule has 1 aromatic carbocycles. The second-order valence-corrected chi connectivity index (χ2v) is 4.94. The maximum Gasteiger partial charge on any atom is 0.149 e. The molecule has 1 aromatic heterocycles. The van der Waals surface area contributed by atoms with Crippen LogP contribution in [0, 0.1) is 5.82 Å². The predicted molar refractivity (Wildman–Crippen MR) is 71.6 cm³/mol. The van der Waals surface area contributed by atoms with Crippen LogP contribution in [0.25, 0.3) is 0 Å². The summed E-state index contributed by atoms with van der Waals surface area (Å²) < 4.78 is 14.3. The van der Waals surface area contributed by atoms with Gasteiger partial charge in [0.2, 0.25) is 0 Å². The number of aromatic nitrogens is 1. The third-order valence-electron chi connectivity index (χ3n) is 2.01. The van der Waals surface area contributed by atoms with Crippen molar-refractivity contribution in [3.05, 3.63) is 50.8 Å². The molecule has 1 N–H and O–H groups in total. The summed E-state index contributed by atoms with van der Waals surface area (Å²) in [6.45, 7) is 0. The van der Waals surface area contributed by atoms with Crippen molar-refractivity contribution in [2.45, 2.75) is 0 Å². The van der Waals surface area contributed by atoms with Crippen LogP contribution in [0.1, 0.15) is 0 Å². The van der Waals surface area contributed by atoms with Crippen LogP contribution in [0.3, 0.4) is 0 Å². The van der Waals surface area contributed by atoms with E-state index in [-0.39, 0.29) is 10.7 Å². The lowest BCUT2D eigenvalue weighted by atomic mass is 10.3. The number of benzene rings is 1. The van der Waals surface area contributed by atoms with E-state index in [1.807, 2.05) is 0 Å². The van der Waals surface area contributed by atoms with Crippen LogP contribution >= 0.6 is 39.1 Å². The molecular formula is C11H6BrCl2FN2. The summed E-state index contributed by atoms with van der Waals surface area (Å²) in [6, 6.07) is 6.08. The number of rotatable bonds is 2. The summed E-state index contributed by atoms with van der Waals surface area (Å²) in [6.07, 6.45) is 1.56. The van der Waals surface area contributed by atoms with E-state index < -0.39 is 5.82 Å². The van der Waals surface area contributed by atoms with Crippen molar-refractivity contribution in [3.8, 4) is 0 Å². The van der Waals surface area contributed by atoms with Gasteiger partial charge in [-0.2, -0.15) is 0 Å². The standard InChI is InChI=1S/C11H6BrCl2FN2/c12-6-4-8(14)11(16-5-6)17-10-7(13)2-1-3-9(10)15/h1-5H,(H,16,17). The number of nitrogens with zero attached hydrogens (tertiary/aromatic N) is 1. The quantitative estimate of drug-likeness (QED) is 0.832. The Balaban J connectivity index is 2.38. The Labute approximate surface area is 116 Å². The van der Waals surface area contributed by atoms with E-state index in [9.17, 15) is 4.39 Å². The number of pyridine rings is 1. The Hall–Kier alpha value is -0.840. The van der Waals surface area contributed by atoms with Crippen LogP contribution in [0.2, 0.25) is 10.0 Å². The van der Waals surface area contributed by atoms with Crippen molar-refractivity contribution in [3.63, 3.8) is 0 Å². The van der Waals surface area contributed by atoms with Gasteiger partial charge in [0.15, 0.2) is 0 Å². The summed E-state index contributed by atoms with van der Waals surface area (Å²) in [5, 5.41) is 3.41. The molecule has 88 valence electrons. The van der Waals surface area contributed by atoms with Crippen LogP contribution < -0.4 is 5.32 Å². The zero-order valence-electron chi connectivity index (χ0n) is 8.35. The molecule has 0 amide bonds. The Morgan fingerprint density at radius 1 is 1.24 bits per heavy atom. The number of para-hydroxylation sites is 1. The molecule has 0 bridgehead atoms. The third-order valence-corrected chi connectivity index (χ3v) is 3.05. The Morgan fingerprint density at radius 3 is 2.65 bits per heavy atom. The van der Waals surface area contributed by atoms with E-state index >= 15 is 0 Å². The Morgan fingerprint density at radius 2 is 2.00 bits per heavy atom. The second kappa shape index (κ2) is 5.21. The number of halogens is 4. The molecule has 2 aromatic rings. The topological polar surface area (TPSA) is 24.9 Å². The largest absolute Gasteiger partial charge is 0.335 e. The minimum Gasteiger partial charge on any atom is -0.335 e. The number of nitrogens with one attached hydrogen (secondary N) is 1. The van der Waals surface area contributed by atoms with Gasteiger partial charge in [-0.05, 0) is 34.1 Å². The molecule has 0 saturated heterocycles. The molecule has 17 heavy (non-hydrogen) atoms. The number of hydrogen-bond donors (Lipinski definition) is 1. The molecule has 0 unspecified atom stereocenters. The lowest BCUT2D eigenvalue weighted by molar-refractivity contribution is 0.632. The first-order valence-electron chi connectivity index (χ1n) is 4.60. The summed E-state index contributed by atoms with van der Waals surface area (Å²) >= 11 is 15.1. The van der Waals surface area contributed by atoms with Crippen molar-refractivity contribution < 1.29 is 4.39 Å². The molecule has 2 rings (SSSR count). The molecule has 0 aliphatic rings. The minimum absolute atomic E-state index is 0.158. The minimum atomic E-state index is -0.460. The van der Waals surface area contributed by atoms with Gasteiger partial charge in [-0.3, -0.25) is 0 Å². The van der Waals surface area contributed by atoms with Crippen molar-refractivity contribution >= 4 is 50.6 Å². The fraction of sp³-hybridized carbons (Fsp3) is 0. The van der Waals surface area contributed by atoms with E-state index in [0.29, 0.717) is 10.8 Å². The first-order chi connectivity index (χ1) is 8.08. The highest BCUT2D eigenvalue weighted by Crippen LogP contribution is 2.31. The fourth-order valence-electron chi connectivity index (χ4n) is 1.24. The average Bonchev–Trinajstić information content (AvgIpc) is 2.26. The van der Waals surface area contributed by atoms with Crippen molar-refractivity contribution in [1.82, 2.24) is 4.98 Å². The van der Waals surface area contributed by atoms with Gasteiger partial charge in [-0.1, -0.05) is 29.3 Å². The van der Waals surface area contributed by atoms with E-state index in [1.54, 1.807) is 18.3 Å². The molecular weight excluding hydrogens is 330 g/mol. The lowest BCUT2D eigenvalue weighted by Gasteiger charge is -2.09. The third kappa shape index (κ3) is 2.89. The molecule has 0 fully saturated rings. The maximum absolute atomic E-state index is 13.5. The van der Waals surface area contributed by atoms with E-state index in [1.165, 1.54) is 12.1 Å². The Kier molecular flexibility index (Phi) is 3.86. The summed E-state index contributed by atoms with van der Waals surface area (Å²) in [4.78, 5) is 4.04. The first-order valence-corrected chi connectivity index (χ1v) is 6.15. The van der Waals surface area contributed by atoms with Crippen LogP contribution in [-0.4, -0.2) is 4.98 Å². The van der Waals surface area contributed by atoms with Gasteiger partial charge in [-0.25, -0.2) is 9.37 Å². The van der Waals surface area contributed by atoms with Gasteiger partial charge in [-0.15, -0.1) is 0 Å². The molecule has 2 nitrogen and oxygen atoms in total. The Bertz CT molecular complexity index is 543. The summed E-state index contributed by atoms with van der Waals surface area (Å²) in [7, 11) is 0. The van der Waals surface area contributed by atoms with E-state index in [2.05, 4.69) is 26.2 Å². The molecule has 0 aliphatic carbocycles. The lowest BCUT2D eigenvalue weighted by Crippen LogP contribution is -1.97. The summed E-state index contributed by atoms with van der Waals surface area (Å²) in [5.41, 5.74) is 0.158. The van der Waals surface area contributed by atoms with E-state index in [0.717, 1.165) is 4.47 Å². The molecule has 0 atom stereocenters. The monoisotopic (exact) mass is 334 g/mol. The highest BCUT2D eigenvalue weighted by Gasteiger charge is 2.10. The van der Waals surface area contributed by atoms with Crippen LogP contribution in [0.5, 0.6) is 0 Å². The van der Waals surface area contributed by atoms with Crippen molar-refractivity contribution in [1.29, 1.82) is 0 Å². The highest BCUT2D eigenvalue weighted by molar-refractivity contribution is 9.10. The molecule has 0 spiro atoms. The molecule has 0 saturated carbocycles. The second-order valence-electron chi connectivity index (χ2n) is 3.21. The number of hydrogen-bond acceptors (Lipinski definition) is 2. The highest BCUT2D eigenvalue weighted by atomic mass is 79.9. The van der Waals surface area contributed by atoms with Gasteiger partial charge in [0.1, 0.15) is 11.6 Å². The average molecular weight is 336 g/mol. The fourth-order valence-corrected chi connectivity index (χ4v) is 2.13. The van der Waals surface area contributed by atoms with Crippen molar-refractivity contribution in [2.24, 2.45) is 0 Å². The maximum atomic E-state index is 13.5. The SMILES string of the molecule is Fc1cccc(Cl)c1Nc1ncc(Br)cc1Cl. The van der Waals surface area contributed by atoms with E-state index in [4.69, 9.17) is 23.2 Å². The molecule has 6 heteroatoms. The van der Waals surface area contributed by atoms with Crippen molar-refractivity contribution in [2.75, 3.05) is 5.32 Å². The molecule has 0 radical (unpaired) electrons. The number of anilines is 2. The predicted octanol–water partition coefficient (Wildman–Crippen LogP) is 5.03. The normalized spacial score (nSPS) is 10.4. The zero-order chi connectivity index (χ0) is 12.4. The molecule has 1 heterocycles. The van der Waals surface area contributed by atoms with Gasteiger partial charge in [0.05, 0.1) is 15.7 Å². The zero-order valence-corrected chi connectivity index (χ0v) is 11.4. The van der Waals surface area contributed by atoms with Gasteiger partial charge in [0, 0.05) is 10.7 Å².